The zero-order chi connectivity index (χ0) is 26.5. The Morgan fingerprint density at radius 3 is 2.31 bits per heavy atom. The number of aliphatic imine (C=N–C) groups is 1. The maximum atomic E-state index is 13.3. The molecule has 0 spiro atoms. The van der Waals surface area contributed by atoms with Crippen molar-refractivity contribution >= 4 is 29.7 Å². The molecule has 12 N–H and O–H groups in total. The first-order chi connectivity index (χ1) is 16.5. The number of guanidine groups is 1. The number of rotatable bonds is 15. The van der Waals surface area contributed by atoms with E-state index in [0.717, 1.165) is 0 Å². The minimum Gasteiger partial charge on any atom is -0.480 e. The Kier molecular flexibility index (Phi) is 13.0. The molecule has 200 valence electrons. The highest BCUT2D eigenvalue weighted by atomic mass is 16.4. The van der Waals surface area contributed by atoms with E-state index in [0.29, 0.717) is 38.6 Å². The summed E-state index contributed by atoms with van der Waals surface area (Å²) in [5.41, 5.74) is 21.7. The zero-order valence-electron chi connectivity index (χ0n) is 20.2. The first-order valence-electron chi connectivity index (χ1n) is 11.8. The summed E-state index contributed by atoms with van der Waals surface area (Å²) >= 11 is 0. The van der Waals surface area contributed by atoms with Gasteiger partial charge in [-0.25, -0.2) is 4.79 Å². The molecule has 0 aromatic rings. The number of aliphatic carboxylic acids is 1. The molecule has 0 aliphatic carbocycles. The second-order valence-corrected chi connectivity index (χ2v) is 8.65. The number of carboxylic acids is 1. The van der Waals surface area contributed by atoms with E-state index in [-0.39, 0.29) is 31.9 Å². The van der Waals surface area contributed by atoms with Gasteiger partial charge >= 0.3 is 5.97 Å². The van der Waals surface area contributed by atoms with Crippen LogP contribution in [0, 0.1) is 0 Å². The van der Waals surface area contributed by atoms with Crippen molar-refractivity contribution in [3.8, 4) is 0 Å². The molecule has 1 saturated heterocycles. The van der Waals surface area contributed by atoms with E-state index in [2.05, 4.69) is 15.6 Å². The smallest absolute Gasteiger partial charge is 0.326 e. The van der Waals surface area contributed by atoms with Crippen molar-refractivity contribution in [1.29, 1.82) is 0 Å². The second-order valence-electron chi connectivity index (χ2n) is 8.65. The molecular formula is C21H40N8O6. The van der Waals surface area contributed by atoms with Crippen LogP contribution in [-0.4, -0.2) is 94.7 Å². The molecule has 35 heavy (non-hydrogen) atoms. The van der Waals surface area contributed by atoms with Crippen LogP contribution in [0.3, 0.4) is 0 Å². The van der Waals surface area contributed by atoms with Gasteiger partial charge in [0.2, 0.25) is 17.7 Å². The van der Waals surface area contributed by atoms with Crippen LogP contribution in [0.25, 0.3) is 0 Å². The van der Waals surface area contributed by atoms with Crippen molar-refractivity contribution in [3.05, 3.63) is 0 Å². The van der Waals surface area contributed by atoms with Crippen molar-refractivity contribution in [1.82, 2.24) is 15.5 Å². The van der Waals surface area contributed by atoms with E-state index in [1.165, 1.54) is 11.8 Å². The fourth-order valence-electron chi connectivity index (χ4n) is 3.77. The molecule has 0 bridgehead atoms. The third-order valence-corrected chi connectivity index (χ3v) is 5.78. The number of aliphatic hydroxyl groups excluding tert-OH is 1. The third-order valence-electron chi connectivity index (χ3n) is 5.78. The number of carbonyl (C=O) groups is 4. The van der Waals surface area contributed by atoms with Gasteiger partial charge in [-0.05, 0) is 58.4 Å². The van der Waals surface area contributed by atoms with Gasteiger partial charge in [0, 0.05) is 13.1 Å². The van der Waals surface area contributed by atoms with Gasteiger partial charge in [0.05, 0.1) is 6.10 Å². The predicted molar refractivity (Wildman–Crippen MR) is 129 cm³/mol. The van der Waals surface area contributed by atoms with Crippen LogP contribution in [0.1, 0.15) is 51.9 Å². The van der Waals surface area contributed by atoms with Gasteiger partial charge in [0.1, 0.15) is 24.2 Å². The number of nitrogens with two attached hydrogens (primary N) is 4. The highest BCUT2D eigenvalue weighted by molar-refractivity contribution is 5.94. The van der Waals surface area contributed by atoms with Gasteiger partial charge in [0.25, 0.3) is 0 Å². The molecule has 5 atom stereocenters. The lowest BCUT2D eigenvalue weighted by atomic mass is 10.1. The molecule has 3 amide bonds. The average molecular weight is 501 g/mol. The van der Waals surface area contributed by atoms with E-state index < -0.39 is 54.0 Å². The Bertz CT molecular complexity index is 758. The summed E-state index contributed by atoms with van der Waals surface area (Å²) in [6.45, 7) is 2.28. The molecule has 0 saturated carbocycles. The molecule has 1 fully saturated rings. The molecule has 0 radical (unpaired) electrons. The fraction of sp³-hybridized carbons (Fsp3) is 0.762. The van der Waals surface area contributed by atoms with E-state index in [9.17, 15) is 29.4 Å². The van der Waals surface area contributed by atoms with E-state index >= 15 is 0 Å². The number of nitrogens with one attached hydrogen (secondary N) is 2. The summed E-state index contributed by atoms with van der Waals surface area (Å²) in [6, 6.07) is -4.21. The van der Waals surface area contributed by atoms with Gasteiger partial charge in [-0.2, -0.15) is 0 Å². The number of hydrogen-bond donors (Lipinski definition) is 8. The zero-order valence-corrected chi connectivity index (χ0v) is 20.2. The summed E-state index contributed by atoms with van der Waals surface area (Å²) in [6.07, 6.45) is 1.69. The molecule has 14 nitrogen and oxygen atoms in total. The maximum absolute atomic E-state index is 13.3. The summed E-state index contributed by atoms with van der Waals surface area (Å²) in [4.78, 5) is 55.4. The number of carbonyl (C=O) groups excluding carboxylic acids is 3. The minimum absolute atomic E-state index is 0.105. The number of aliphatic hydroxyl groups is 1. The number of likely N-dealkylation sites (tertiary alicyclic amines) is 1. The molecule has 1 heterocycles. The summed E-state index contributed by atoms with van der Waals surface area (Å²) in [7, 11) is 0. The second kappa shape index (κ2) is 15.1. The molecule has 0 unspecified atom stereocenters. The Morgan fingerprint density at radius 1 is 1.09 bits per heavy atom. The van der Waals surface area contributed by atoms with Crippen LogP contribution in [0.15, 0.2) is 4.99 Å². The fourth-order valence-corrected chi connectivity index (χ4v) is 3.77. The Labute approximate surface area is 204 Å². The van der Waals surface area contributed by atoms with Crippen LogP contribution in [0.4, 0.5) is 0 Å². The number of amides is 3. The SMILES string of the molecule is C[C@@H](O)[C@H](N)C(=O)N[C@@H](CCCCN)C(=O)N1CCC[C@H]1C(=O)N[C@H](CCCN=C(N)N)C(=O)O. The first-order valence-corrected chi connectivity index (χ1v) is 11.8. The average Bonchev–Trinajstić information content (AvgIpc) is 3.29. The lowest BCUT2D eigenvalue weighted by Crippen LogP contribution is -2.57. The van der Waals surface area contributed by atoms with Crippen molar-refractivity contribution in [3.63, 3.8) is 0 Å². The van der Waals surface area contributed by atoms with Gasteiger partial charge in [-0.1, -0.05) is 0 Å². The number of carboxylic acid groups (broad SMARTS) is 1. The monoisotopic (exact) mass is 500 g/mol. The lowest BCUT2D eigenvalue weighted by molar-refractivity contribution is -0.145. The maximum Gasteiger partial charge on any atom is 0.326 e. The topological polar surface area (TPSA) is 252 Å². The lowest BCUT2D eigenvalue weighted by Gasteiger charge is -2.30. The minimum atomic E-state index is -1.22. The molecule has 1 aliphatic rings. The third kappa shape index (κ3) is 10.0. The summed E-state index contributed by atoms with van der Waals surface area (Å²) < 4.78 is 0. The van der Waals surface area contributed by atoms with Crippen LogP contribution in [-0.2, 0) is 19.2 Å². The first kappa shape index (κ1) is 30.1. The number of hydrogen-bond acceptors (Lipinski definition) is 8. The number of unbranched alkanes of at least 4 members (excludes halogenated alkanes) is 1. The van der Waals surface area contributed by atoms with Crippen molar-refractivity contribution in [2.75, 3.05) is 19.6 Å². The van der Waals surface area contributed by atoms with E-state index in [4.69, 9.17) is 22.9 Å². The van der Waals surface area contributed by atoms with Crippen molar-refractivity contribution in [2.24, 2.45) is 27.9 Å². The standard InChI is InChI=1S/C21H40N8O6/c1-12(30)16(23)18(32)27-13(6-2-3-9-22)19(33)29-11-5-8-15(29)17(31)28-14(20(34)35)7-4-10-26-21(24)25/h12-16,30H,2-11,22-23H2,1H3,(H,27,32)(H,28,31)(H,34,35)(H4,24,25,26)/t12-,13+,14-,15+,16+/m1/s1. The highest BCUT2D eigenvalue weighted by Crippen LogP contribution is 2.20. The van der Waals surface area contributed by atoms with Crippen LogP contribution < -0.4 is 33.6 Å². The van der Waals surface area contributed by atoms with E-state index in [1.807, 2.05) is 0 Å². The van der Waals surface area contributed by atoms with Crippen LogP contribution in [0.5, 0.6) is 0 Å². The Hall–Kier alpha value is -2.97. The molecule has 1 aliphatic heterocycles. The molecular weight excluding hydrogens is 460 g/mol. The predicted octanol–water partition coefficient (Wildman–Crippen LogP) is -3.08. The Morgan fingerprint density at radius 2 is 1.74 bits per heavy atom. The van der Waals surface area contributed by atoms with Crippen LogP contribution in [0.2, 0.25) is 0 Å². The quantitative estimate of drug-likeness (QED) is 0.0639. The van der Waals surface area contributed by atoms with Gasteiger partial charge in [0.15, 0.2) is 5.96 Å². The summed E-state index contributed by atoms with van der Waals surface area (Å²) in [5, 5.41) is 24.2. The highest BCUT2D eigenvalue weighted by Gasteiger charge is 2.39. The van der Waals surface area contributed by atoms with Crippen molar-refractivity contribution < 1.29 is 29.4 Å². The number of nitrogens with zero attached hydrogens (tertiary/aromatic N) is 2. The normalized spacial score (nSPS) is 18.7. The Balaban J connectivity index is 2.90. The van der Waals surface area contributed by atoms with Gasteiger partial charge in [-0.15, -0.1) is 0 Å². The molecule has 1 rings (SSSR count). The van der Waals surface area contributed by atoms with E-state index in [1.54, 1.807) is 0 Å². The molecule has 0 aromatic heterocycles. The van der Waals surface area contributed by atoms with Gasteiger partial charge < -0.3 is 48.7 Å². The van der Waals surface area contributed by atoms with Crippen LogP contribution >= 0.6 is 0 Å². The molecule has 14 heteroatoms. The largest absolute Gasteiger partial charge is 0.480 e. The molecule has 0 aromatic carbocycles. The summed E-state index contributed by atoms with van der Waals surface area (Å²) in [5.74, 6) is -3.05. The van der Waals surface area contributed by atoms with Gasteiger partial charge in [-0.3, -0.25) is 19.4 Å². The van der Waals surface area contributed by atoms with Crippen molar-refractivity contribution in [2.45, 2.75) is 82.1 Å².